The van der Waals surface area contributed by atoms with E-state index in [0.29, 0.717) is 36.1 Å². The molecule has 3 N–H and O–H groups in total. The van der Waals surface area contributed by atoms with Crippen molar-refractivity contribution < 1.29 is 14.5 Å². The molecule has 0 saturated heterocycles. The average Bonchev–Trinajstić information content (AvgIpc) is 3.35. The van der Waals surface area contributed by atoms with Gasteiger partial charge in [0.15, 0.2) is 5.82 Å². The Balaban J connectivity index is 1.19. The number of hydrogen-bond acceptors (Lipinski definition) is 7. The highest BCUT2D eigenvalue weighted by Crippen LogP contribution is 2.65. The predicted molar refractivity (Wildman–Crippen MR) is 117 cm³/mol. The van der Waals surface area contributed by atoms with Crippen LogP contribution in [0.5, 0.6) is 0 Å². The highest BCUT2D eigenvalue weighted by Gasteiger charge is 2.59. The minimum atomic E-state index is -0.0831. The highest BCUT2D eigenvalue weighted by molar-refractivity contribution is 5.85. The first kappa shape index (κ1) is 21.4. The van der Waals surface area contributed by atoms with Crippen LogP contribution in [0.2, 0.25) is 0 Å². The van der Waals surface area contributed by atoms with Crippen LogP contribution in [0.1, 0.15) is 83.3 Å². The number of hydrogen-bond donors (Lipinski definition) is 2. The molecule has 4 saturated carbocycles. The molecule has 0 amide bonds. The number of nitrogens with two attached hydrogens (primary N) is 1. The summed E-state index contributed by atoms with van der Waals surface area (Å²) in [4.78, 5) is 9.82. The van der Waals surface area contributed by atoms with E-state index in [2.05, 4.69) is 29.1 Å². The highest BCUT2D eigenvalue weighted by atomic mass is 16.6. The number of nitrogens with zero attached hydrogens (tertiary/aromatic N) is 3. The molecule has 7 nitrogen and oxygen atoms in total. The van der Waals surface area contributed by atoms with Crippen molar-refractivity contribution in [2.24, 2.45) is 45.4 Å². The van der Waals surface area contributed by atoms with Gasteiger partial charge in [0, 0.05) is 0 Å². The molecular weight excluding hydrogens is 392 g/mol. The molecule has 7 heteroatoms. The van der Waals surface area contributed by atoms with E-state index in [-0.39, 0.29) is 18.1 Å². The summed E-state index contributed by atoms with van der Waals surface area (Å²) in [6.45, 7) is 5.67. The van der Waals surface area contributed by atoms with Crippen LogP contribution in [0.15, 0.2) is 9.68 Å². The molecule has 172 valence electrons. The van der Waals surface area contributed by atoms with Gasteiger partial charge in [0.25, 0.3) is 0 Å². The van der Waals surface area contributed by atoms with Gasteiger partial charge >= 0.3 is 0 Å². The van der Waals surface area contributed by atoms with E-state index in [0.717, 1.165) is 37.0 Å². The molecule has 31 heavy (non-hydrogen) atoms. The third-order valence-corrected chi connectivity index (χ3v) is 9.74. The number of oxime groups is 1. The summed E-state index contributed by atoms with van der Waals surface area (Å²) in [6, 6.07) is 0. The summed E-state index contributed by atoms with van der Waals surface area (Å²) < 4.78 is 5.14. The molecule has 4 aliphatic rings. The maximum atomic E-state index is 10.6. The minimum Gasteiger partial charge on any atom is -0.395 e. The van der Waals surface area contributed by atoms with Crippen LogP contribution in [0.3, 0.4) is 0 Å². The number of aliphatic hydroxyl groups is 1. The van der Waals surface area contributed by atoms with Gasteiger partial charge < -0.3 is 20.2 Å². The van der Waals surface area contributed by atoms with Gasteiger partial charge in [-0.25, -0.2) is 0 Å². The van der Waals surface area contributed by atoms with E-state index in [1.54, 1.807) is 0 Å². The first-order chi connectivity index (χ1) is 14.9. The maximum absolute atomic E-state index is 10.6. The summed E-state index contributed by atoms with van der Waals surface area (Å²) in [6.07, 6.45) is 11.2. The molecule has 1 aromatic heterocycles. The molecule has 1 heterocycles. The Bertz CT molecular complexity index is 826. The van der Waals surface area contributed by atoms with E-state index in [9.17, 15) is 5.11 Å². The van der Waals surface area contributed by atoms with Crippen molar-refractivity contribution in [3.63, 3.8) is 0 Å². The fourth-order valence-corrected chi connectivity index (χ4v) is 7.86. The molecule has 7 atom stereocenters. The molecule has 0 radical (unpaired) electrons. The lowest BCUT2D eigenvalue weighted by molar-refractivity contribution is -0.112. The number of aromatic nitrogens is 2. The SMILES string of the molecule is C[C@]12CC/C(=N/OCCc3nc(CN)no3)CC1CCC1C2CC[C@]2(C)C(O)CCC12. The lowest BCUT2D eigenvalue weighted by Crippen LogP contribution is -2.54. The monoisotopic (exact) mass is 430 g/mol. The molecule has 0 bridgehead atoms. The van der Waals surface area contributed by atoms with E-state index in [1.165, 1.54) is 44.2 Å². The Morgan fingerprint density at radius 3 is 2.77 bits per heavy atom. The second-order valence-corrected chi connectivity index (χ2v) is 11.0. The number of aliphatic hydroxyl groups excluding tert-OH is 1. The molecule has 5 unspecified atom stereocenters. The molecule has 5 rings (SSSR count). The second-order valence-electron chi connectivity index (χ2n) is 11.0. The molecule has 0 aromatic carbocycles. The van der Waals surface area contributed by atoms with Gasteiger partial charge in [-0.3, -0.25) is 0 Å². The van der Waals surface area contributed by atoms with Crippen LogP contribution in [0.4, 0.5) is 0 Å². The lowest BCUT2D eigenvalue weighted by Gasteiger charge is -2.60. The van der Waals surface area contributed by atoms with Crippen LogP contribution in [0, 0.1) is 34.5 Å². The molecule has 0 aliphatic heterocycles. The first-order valence-corrected chi connectivity index (χ1v) is 12.3. The normalized spacial score (nSPS) is 43.4. The zero-order valence-corrected chi connectivity index (χ0v) is 19.1. The molecule has 4 fully saturated rings. The Labute approximate surface area is 185 Å². The van der Waals surface area contributed by atoms with Crippen molar-refractivity contribution in [2.45, 2.75) is 90.7 Å². The van der Waals surface area contributed by atoms with Crippen LogP contribution < -0.4 is 5.73 Å². The van der Waals surface area contributed by atoms with E-state index in [1.807, 2.05) is 0 Å². The molecular formula is C24H38N4O3. The summed E-state index contributed by atoms with van der Waals surface area (Å²) in [7, 11) is 0. The van der Waals surface area contributed by atoms with Crippen LogP contribution in [-0.4, -0.2) is 33.7 Å². The summed E-state index contributed by atoms with van der Waals surface area (Å²) >= 11 is 0. The molecule has 0 spiro atoms. The summed E-state index contributed by atoms with van der Waals surface area (Å²) in [5.74, 6) is 4.13. The van der Waals surface area contributed by atoms with Gasteiger partial charge in [-0.2, -0.15) is 4.98 Å². The van der Waals surface area contributed by atoms with Crippen molar-refractivity contribution in [1.82, 2.24) is 10.1 Å². The van der Waals surface area contributed by atoms with Crippen molar-refractivity contribution in [3.05, 3.63) is 11.7 Å². The fraction of sp³-hybridized carbons (Fsp3) is 0.875. The fourth-order valence-electron chi connectivity index (χ4n) is 7.86. The summed E-state index contributed by atoms with van der Waals surface area (Å²) in [5, 5.41) is 18.9. The molecule has 4 aliphatic carbocycles. The average molecular weight is 431 g/mol. The minimum absolute atomic E-state index is 0.0831. The quantitative estimate of drug-likeness (QED) is 0.543. The molecule has 1 aromatic rings. The van der Waals surface area contributed by atoms with Gasteiger partial charge in [0.2, 0.25) is 5.89 Å². The standard InChI is InChI=1S/C24H38N4O3/c1-23-10-7-16(27-30-12-9-22-26-21(14-25)28-31-22)13-15(23)3-4-17-18-5-6-20(29)24(18,2)11-8-19(17)23/h15,17-20,29H,3-14,25H2,1-2H3/b27-16-/t15?,17?,18?,19?,20?,23-,24-/m0/s1. The smallest absolute Gasteiger partial charge is 0.230 e. The largest absolute Gasteiger partial charge is 0.395 e. The van der Waals surface area contributed by atoms with E-state index >= 15 is 0 Å². The zero-order valence-electron chi connectivity index (χ0n) is 19.1. The van der Waals surface area contributed by atoms with Crippen LogP contribution >= 0.6 is 0 Å². The van der Waals surface area contributed by atoms with Gasteiger partial charge in [0.05, 0.1) is 24.8 Å². The Hall–Kier alpha value is -1.47. The van der Waals surface area contributed by atoms with Crippen molar-refractivity contribution >= 4 is 5.71 Å². The third kappa shape index (κ3) is 3.62. The zero-order chi connectivity index (χ0) is 21.6. The van der Waals surface area contributed by atoms with Crippen molar-refractivity contribution in [3.8, 4) is 0 Å². The van der Waals surface area contributed by atoms with Crippen LogP contribution in [0.25, 0.3) is 0 Å². The van der Waals surface area contributed by atoms with Crippen LogP contribution in [-0.2, 0) is 17.8 Å². The maximum Gasteiger partial charge on any atom is 0.230 e. The van der Waals surface area contributed by atoms with Gasteiger partial charge in [-0.1, -0.05) is 24.2 Å². The first-order valence-electron chi connectivity index (χ1n) is 12.3. The Kier molecular flexibility index (Phi) is 5.62. The predicted octanol–water partition coefficient (Wildman–Crippen LogP) is 3.85. The van der Waals surface area contributed by atoms with Crippen molar-refractivity contribution in [1.29, 1.82) is 0 Å². The lowest BCUT2D eigenvalue weighted by atomic mass is 9.45. The van der Waals surface area contributed by atoms with E-state index < -0.39 is 0 Å². The van der Waals surface area contributed by atoms with Gasteiger partial charge in [0.1, 0.15) is 6.61 Å². The van der Waals surface area contributed by atoms with Gasteiger partial charge in [-0.05, 0) is 92.3 Å². The Morgan fingerprint density at radius 2 is 1.97 bits per heavy atom. The van der Waals surface area contributed by atoms with Gasteiger partial charge in [-0.15, -0.1) is 0 Å². The number of rotatable bonds is 5. The topological polar surface area (TPSA) is 107 Å². The third-order valence-electron chi connectivity index (χ3n) is 9.74. The Morgan fingerprint density at radius 1 is 1.13 bits per heavy atom. The number of fused-ring (bicyclic) bond motifs is 5. The summed E-state index contributed by atoms with van der Waals surface area (Å²) in [5.41, 5.74) is 7.31. The van der Waals surface area contributed by atoms with E-state index in [4.69, 9.17) is 15.1 Å². The second kappa shape index (κ2) is 8.14. The van der Waals surface area contributed by atoms with Crippen molar-refractivity contribution in [2.75, 3.05) is 6.61 Å².